The Kier molecular flexibility index (Phi) is 8.90. The molecule has 3 aromatic carbocycles. The molecule has 45 heavy (non-hydrogen) atoms. The highest BCUT2D eigenvalue weighted by molar-refractivity contribution is 5.96. The van der Waals surface area contributed by atoms with Crippen molar-refractivity contribution >= 4 is 22.9 Å². The summed E-state index contributed by atoms with van der Waals surface area (Å²) in [4.78, 5) is 26.6. The fourth-order valence-electron chi connectivity index (χ4n) is 6.98. The summed E-state index contributed by atoms with van der Waals surface area (Å²) >= 11 is 0. The van der Waals surface area contributed by atoms with Crippen molar-refractivity contribution in [3.63, 3.8) is 0 Å². The number of hydrogen-bond acceptors (Lipinski definition) is 7. The number of rotatable bonds is 10. The summed E-state index contributed by atoms with van der Waals surface area (Å²) in [5.74, 6) is 2.29. The first-order valence-corrected chi connectivity index (χ1v) is 15.9. The topological polar surface area (TPSA) is 92.0 Å². The van der Waals surface area contributed by atoms with Crippen LogP contribution in [0.2, 0.25) is 0 Å². The maximum absolute atomic E-state index is 13.9. The number of imidazole rings is 1. The number of likely N-dealkylation sites (tertiary alicyclic amines) is 2. The zero-order chi connectivity index (χ0) is 31.6. The number of aryl methyl sites for hydroxylation is 2. The number of H-pyrrole nitrogens is 1. The van der Waals surface area contributed by atoms with Crippen molar-refractivity contribution in [3.05, 3.63) is 76.9 Å². The Labute approximate surface area is 265 Å². The SMILES string of the molecule is COc1cc(C(=O)N2CCC(CCN3CCC(Nc4nc5ccccc5[nH]4)CC3)(c3ccc(C)c(C)c3)C2)cc(OC)c1OC. The van der Waals surface area contributed by atoms with Crippen molar-refractivity contribution in [2.24, 2.45) is 0 Å². The van der Waals surface area contributed by atoms with E-state index in [1.54, 1.807) is 33.5 Å². The first-order chi connectivity index (χ1) is 21.8. The second kappa shape index (κ2) is 13.0. The van der Waals surface area contributed by atoms with Crippen LogP contribution in [-0.2, 0) is 5.41 Å². The maximum atomic E-state index is 13.9. The Hall–Kier alpha value is -4.24. The number of anilines is 1. The van der Waals surface area contributed by atoms with Gasteiger partial charge < -0.3 is 34.3 Å². The Morgan fingerprint density at radius 1 is 0.956 bits per heavy atom. The minimum atomic E-state index is -0.113. The van der Waals surface area contributed by atoms with Crippen LogP contribution in [0.5, 0.6) is 17.2 Å². The van der Waals surface area contributed by atoms with Gasteiger partial charge in [0.25, 0.3) is 5.91 Å². The molecule has 2 N–H and O–H groups in total. The third kappa shape index (κ3) is 6.31. The van der Waals surface area contributed by atoms with Crippen molar-refractivity contribution in [2.75, 3.05) is 59.4 Å². The molecule has 2 saturated heterocycles. The molecule has 238 valence electrons. The number of hydrogen-bond donors (Lipinski definition) is 2. The largest absolute Gasteiger partial charge is 0.493 e. The van der Waals surface area contributed by atoms with Crippen molar-refractivity contribution in [1.29, 1.82) is 0 Å². The van der Waals surface area contributed by atoms with Crippen molar-refractivity contribution in [2.45, 2.75) is 51.0 Å². The number of ether oxygens (including phenoxy) is 3. The lowest BCUT2D eigenvalue weighted by Crippen LogP contribution is -2.42. The third-order valence-corrected chi connectivity index (χ3v) is 9.90. The van der Waals surface area contributed by atoms with Crippen LogP contribution in [0.4, 0.5) is 5.95 Å². The Morgan fingerprint density at radius 2 is 1.69 bits per heavy atom. The smallest absolute Gasteiger partial charge is 0.254 e. The molecule has 1 amide bonds. The average Bonchev–Trinajstić information content (AvgIpc) is 3.69. The van der Waals surface area contributed by atoms with Crippen LogP contribution in [0.1, 0.15) is 52.7 Å². The van der Waals surface area contributed by atoms with Crippen LogP contribution in [-0.4, -0.2) is 85.8 Å². The molecule has 2 fully saturated rings. The van der Waals surface area contributed by atoms with Gasteiger partial charge in [-0.25, -0.2) is 4.98 Å². The minimum Gasteiger partial charge on any atom is -0.493 e. The molecule has 9 nitrogen and oxygen atoms in total. The maximum Gasteiger partial charge on any atom is 0.254 e. The predicted octanol–water partition coefficient (Wildman–Crippen LogP) is 5.96. The van der Waals surface area contributed by atoms with Crippen LogP contribution in [0.3, 0.4) is 0 Å². The number of fused-ring (bicyclic) bond motifs is 1. The lowest BCUT2D eigenvalue weighted by molar-refractivity contribution is 0.0779. The lowest BCUT2D eigenvalue weighted by atomic mass is 9.75. The van der Waals surface area contributed by atoms with Crippen LogP contribution in [0.25, 0.3) is 11.0 Å². The summed E-state index contributed by atoms with van der Waals surface area (Å²) in [7, 11) is 4.72. The summed E-state index contributed by atoms with van der Waals surface area (Å²) in [5.41, 5.74) is 6.38. The van der Waals surface area contributed by atoms with E-state index in [0.29, 0.717) is 41.9 Å². The number of carbonyl (C=O) groups is 1. The molecule has 0 aliphatic carbocycles. The second-order valence-corrected chi connectivity index (χ2v) is 12.6. The third-order valence-electron chi connectivity index (χ3n) is 9.90. The van der Waals surface area contributed by atoms with E-state index in [1.807, 2.05) is 23.1 Å². The van der Waals surface area contributed by atoms with E-state index >= 15 is 0 Å². The second-order valence-electron chi connectivity index (χ2n) is 12.6. The van der Waals surface area contributed by atoms with Crippen LogP contribution < -0.4 is 19.5 Å². The van der Waals surface area contributed by atoms with E-state index < -0.39 is 0 Å². The van der Waals surface area contributed by atoms with E-state index in [2.05, 4.69) is 53.3 Å². The number of nitrogens with one attached hydrogen (secondary N) is 2. The van der Waals surface area contributed by atoms with Crippen molar-refractivity contribution in [3.8, 4) is 17.2 Å². The number of piperidine rings is 1. The molecule has 9 heteroatoms. The number of nitrogens with zero attached hydrogens (tertiary/aromatic N) is 3. The monoisotopic (exact) mass is 611 g/mol. The van der Waals surface area contributed by atoms with Gasteiger partial charge in [0, 0.05) is 43.2 Å². The molecular weight excluding hydrogens is 566 g/mol. The highest BCUT2D eigenvalue weighted by Crippen LogP contribution is 2.42. The fraction of sp³-hybridized carbons (Fsp3) is 0.444. The first-order valence-electron chi connectivity index (χ1n) is 15.9. The average molecular weight is 612 g/mol. The number of carbonyl (C=O) groups excluding carboxylic acids is 1. The molecule has 3 heterocycles. The Bertz CT molecular complexity index is 1600. The summed E-state index contributed by atoms with van der Waals surface area (Å²) in [6.07, 6.45) is 4.06. The fourth-order valence-corrected chi connectivity index (χ4v) is 6.98. The normalized spacial score (nSPS) is 19.2. The molecule has 6 rings (SSSR count). The summed E-state index contributed by atoms with van der Waals surface area (Å²) < 4.78 is 16.6. The van der Waals surface area contributed by atoms with E-state index in [0.717, 1.165) is 62.3 Å². The Balaban J connectivity index is 1.15. The number of aromatic amines is 1. The Morgan fingerprint density at radius 3 is 2.36 bits per heavy atom. The quantitative estimate of drug-likeness (QED) is 0.229. The van der Waals surface area contributed by atoms with Gasteiger partial charge in [-0.3, -0.25) is 4.79 Å². The molecule has 4 aromatic rings. The van der Waals surface area contributed by atoms with Gasteiger partial charge in [0.15, 0.2) is 11.5 Å². The van der Waals surface area contributed by atoms with Gasteiger partial charge in [-0.05, 0) is 87.0 Å². The number of para-hydroxylation sites is 2. The molecule has 1 atom stereocenters. The van der Waals surface area contributed by atoms with Gasteiger partial charge in [0.2, 0.25) is 11.7 Å². The number of benzene rings is 3. The van der Waals surface area contributed by atoms with Crippen molar-refractivity contribution in [1.82, 2.24) is 19.8 Å². The minimum absolute atomic E-state index is 0.0163. The molecule has 1 unspecified atom stereocenters. The van der Waals surface area contributed by atoms with Crippen LogP contribution in [0.15, 0.2) is 54.6 Å². The zero-order valence-corrected chi connectivity index (χ0v) is 27.1. The summed E-state index contributed by atoms with van der Waals surface area (Å²) in [5, 5.41) is 3.63. The van der Waals surface area contributed by atoms with E-state index in [-0.39, 0.29) is 11.3 Å². The standard InChI is InChI=1S/C36H45N5O4/c1-24-10-11-27(20-25(24)2)36(15-19-41(23-36)34(42)26-21-31(43-3)33(45-5)32(22-26)44-4)14-18-40-16-12-28(13-17-40)37-35-38-29-8-6-7-9-30(29)39-35/h6-11,20-22,28H,12-19,23H2,1-5H3,(H2,37,38,39). The van der Waals surface area contributed by atoms with Gasteiger partial charge in [0.1, 0.15) is 0 Å². The highest BCUT2D eigenvalue weighted by atomic mass is 16.5. The van der Waals surface area contributed by atoms with Gasteiger partial charge >= 0.3 is 0 Å². The van der Waals surface area contributed by atoms with Gasteiger partial charge in [0.05, 0.1) is 32.4 Å². The molecule has 0 spiro atoms. The number of methoxy groups -OCH3 is 3. The number of amides is 1. The molecule has 0 bridgehead atoms. The van der Waals surface area contributed by atoms with Crippen LogP contribution >= 0.6 is 0 Å². The molecular formula is C36H45N5O4. The predicted molar refractivity (Wildman–Crippen MR) is 178 cm³/mol. The van der Waals surface area contributed by atoms with E-state index in [4.69, 9.17) is 19.2 Å². The lowest BCUT2D eigenvalue weighted by Gasteiger charge is -2.36. The summed E-state index contributed by atoms with van der Waals surface area (Å²) in [6.45, 7) is 8.78. The number of aromatic nitrogens is 2. The van der Waals surface area contributed by atoms with Gasteiger partial charge in [-0.1, -0.05) is 30.3 Å². The van der Waals surface area contributed by atoms with Crippen LogP contribution in [0, 0.1) is 13.8 Å². The molecule has 0 saturated carbocycles. The highest BCUT2D eigenvalue weighted by Gasteiger charge is 2.42. The molecule has 0 radical (unpaired) electrons. The molecule has 2 aliphatic heterocycles. The summed E-state index contributed by atoms with van der Waals surface area (Å²) in [6, 6.07) is 18.9. The molecule has 1 aromatic heterocycles. The first kappa shape index (κ1) is 30.8. The van der Waals surface area contributed by atoms with Crippen molar-refractivity contribution < 1.29 is 19.0 Å². The van der Waals surface area contributed by atoms with Gasteiger partial charge in [-0.15, -0.1) is 0 Å². The van der Waals surface area contributed by atoms with Gasteiger partial charge in [-0.2, -0.15) is 0 Å². The van der Waals surface area contributed by atoms with E-state index in [9.17, 15) is 4.79 Å². The van der Waals surface area contributed by atoms with E-state index in [1.165, 1.54) is 16.7 Å². The zero-order valence-electron chi connectivity index (χ0n) is 27.1. The molecule has 2 aliphatic rings.